The van der Waals surface area contributed by atoms with Crippen molar-refractivity contribution in [2.75, 3.05) is 25.4 Å². The summed E-state index contributed by atoms with van der Waals surface area (Å²) in [5.41, 5.74) is 6.11. The average molecular weight is 350 g/mol. The molecule has 1 unspecified atom stereocenters. The minimum absolute atomic E-state index is 0.115. The minimum atomic E-state index is -0.484. The van der Waals surface area contributed by atoms with Crippen molar-refractivity contribution < 1.29 is 9.53 Å². The standard InChI is InChI=1S/C17H26N4O2S/c1-2-19-17(21-11-15-7-4-8-24-15)20-10-13-5-3-6-14(9-13)23-12-16(18)22/h3,5-6,9,15H,2,4,7-8,10-12H2,1H3,(H2,18,22)(H2,19,20,21). The largest absolute Gasteiger partial charge is 0.484 e. The molecule has 0 saturated carbocycles. The van der Waals surface area contributed by atoms with Crippen LogP contribution in [0, 0.1) is 0 Å². The SMILES string of the molecule is CCNC(=NCc1cccc(OCC(N)=O)c1)NCC1CCCS1. The molecule has 7 heteroatoms. The molecule has 1 saturated heterocycles. The molecule has 0 spiro atoms. The normalized spacial score (nSPS) is 17.5. The number of nitrogens with one attached hydrogen (secondary N) is 2. The van der Waals surface area contributed by atoms with Gasteiger partial charge in [-0.05, 0) is 43.2 Å². The number of thioether (sulfide) groups is 1. The van der Waals surface area contributed by atoms with E-state index in [0.29, 0.717) is 17.5 Å². The number of hydrogen-bond acceptors (Lipinski definition) is 4. The Morgan fingerprint density at radius 2 is 2.33 bits per heavy atom. The van der Waals surface area contributed by atoms with Gasteiger partial charge in [0.15, 0.2) is 12.6 Å². The van der Waals surface area contributed by atoms with Crippen molar-refractivity contribution in [3.8, 4) is 5.75 Å². The quantitative estimate of drug-likeness (QED) is 0.488. The van der Waals surface area contributed by atoms with E-state index in [0.717, 1.165) is 24.6 Å². The van der Waals surface area contributed by atoms with E-state index < -0.39 is 5.91 Å². The highest BCUT2D eigenvalue weighted by molar-refractivity contribution is 8.00. The van der Waals surface area contributed by atoms with E-state index >= 15 is 0 Å². The zero-order valence-corrected chi connectivity index (χ0v) is 14.9. The fourth-order valence-corrected chi connectivity index (χ4v) is 3.62. The zero-order chi connectivity index (χ0) is 17.2. The van der Waals surface area contributed by atoms with Gasteiger partial charge >= 0.3 is 0 Å². The lowest BCUT2D eigenvalue weighted by molar-refractivity contribution is -0.119. The van der Waals surface area contributed by atoms with Gasteiger partial charge in [-0.25, -0.2) is 4.99 Å². The molecule has 6 nitrogen and oxygen atoms in total. The second-order valence-corrected chi connectivity index (χ2v) is 7.02. The Morgan fingerprint density at radius 3 is 3.04 bits per heavy atom. The summed E-state index contributed by atoms with van der Waals surface area (Å²) in [6, 6.07) is 7.55. The van der Waals surface area contributed by atoms with E-state index in [-0.39, 0.29) is 6.61 Å². The maximum absolute atomic E-state index is 10.8. The van der Waals surface area contributed by atoms with Crippen molar-refractivity contribution in [2.24, 2.45) is 10.7 Å². The summed E-state index contributed by atoms with van der Waals surface area (Å²) in [4.78, 5) is 15.4. The smallest absolute Gasteiger partial charge is 0.255 e. The molecule has 1 atom stereocenters. The lowest BCUT2D eigenvalue weighted by Crippen LogP contribution is -2.40. The molecule has 4 N–H and O–H groups in total. The molecule has 132 valence electrons. The monoisotopic (exact) mass is 350 g/mol. The molecule has 0 radical (unpaired) electrons. The molecule has 2 rings (SSSR count). The average Bonchev–Trinajstić information content (AvgIpc) is 3.09. The van der Waals surface area contributed by atoms with Crippen LogP contribution in [0.4, 0.5) is 0 Å². The van der Waals surface area contributed by atoms with Gasteiger partial charge in [0.1, 0.15) is 5.75 Å². The van der Waals surface area contributed by atoms with Gasteiger partial charge in [0, 0.05) is 18.3 Å². The first-order valence-corrected chi connectivity index (χ1v) is 9.36. The van der Waals surface area contributed by atoms with Crippen molar-refractivity contribution >= 4 is 23.6 Å². The highest BCUT2D eigenvalue weighted by atomic mass is 32.2. The summed E-state index contributed by atoms with van der Waals surface area (Å²) in [5.74, 6) is 2.23. The van der Waals surface area contributed by atoms with E-state index in [1.54, 1.807) is 6.07 Å². The van der Waals surface area contributed by atoms with Crippen molar-refractivity contribution in [3.05, 3.63) is 29.8 Å². The van der Waals surface area contributed by atoms with Crippen LogP contribution in [-0.4, -0.2) is 42.6 Å². The van der Waals surface area contributed by atoms with E-state index in [1.807, 2.05) is 30.0 Å². The first-order chi connectivity index (χ1) is 11.7. The first kappa shape index (κ1) is 18.4. The summed E-state index contributed by atoms with van der Waals surface area (Å²) in [5, 5.41) is 7.36. The van der Waals surface area contributed by atoms with Gasteiger partial charge in [-0.2, -0.15) is 11.8 Å². The Bertz CT molecular complexity index is 559. The van der Waals surface area contributed by atoms with Crippen LogP contribution >= 0.6 is 11.8 Å². The van der Waals surface area contributed by atoms with Gasteiger partial charge in [-0.3, -0.25) is 4.79 Å². The van der Waals surface area contributed by atoms with Crippen molar-refractivity contribution in [1.82, 2.24) is 10.6 Å². The number of nitrogens with two attached hydrogens (primary N) is 1. The number of ether oxygens (including phenoxy) is 1. The fourth-order valence-electron chi connectivity index (χ4n) is 2.42. The molecule has 1 aromatic carbocycles. The Morgan fingerprint density at radius 1 is 1.46 bits per heavy atom. The Labute approximate surface area is 147 Å². The van der Waals surface area contributed by atoms with Crippen molar-refractivity contribution in [2.45, 2.75) is 31.6 Å². The molecule has 0 aliphatic carbocycles. The molecule has 1 heterocycles. The van der Waals surface area contributed by atoms with Crippen LogP contribution < -0.4 is 21.1 Å². The zero-order valence-electron chi connectivity index (χ0n) is 14.1. The third-order valence-electron chi connectivity index (χ3n) is 3.56. The molecule has 1 aromatic rings. The van der Waals surface area contributed by atoms with Gasteiger partial charge in [-0.1, -0.05) is 12.1 Å². The lowest BCUT2D eigenvalue weighted by atomic mass is 10.2. The van der Waals surface area contributed by atoms with Gasteiger partial charge in [-0.15, -0.1) is 0 Å². The Balaban J connectivity index is 1.89. The van der Waals surface area contributed by atoms with Crippen LogP contribution in [0.15, 0.2) is 29.3 Å². The topological polar surface area (TPSA) is 88.7 Å². The van der Waals surface area contributed by atoms with Crippen LogP contribution in [0.1, 0.15) is 25.3 Å². The second kappa shape index (κ2) is 10.1. The summed E-state index contributed by atoms with van der Waals surface area (Å²) in [7, 11) is 0. The summed E-state index contributed by atoms with van der Waals surface area (Å²) in [6.07, 6.45) is 2.58. The number of rotatable bonds is 8. The molecule has 1 amide bonds. The maximum atomic E-state index is 10.8. The number of hydrogen-bond donors (Lipinski definition) is 3. The van der Waals surface area contributed by atoms with Crippen molar-refractivity contribution in [1.29, 1.82) is 0 Å². The third-order valence-corrected chi connectivity index (χ3v) is 4.96. The van der Waals surface area contributed by atoms with Crippen LogP contribution in [0.25, 0.3) is 0 Å². The Kier molecular flexibility index (Phi) is 7.74. The number of guanidine groups is 1. The molecule has 0 aromatic heterocycles. The number of aliphatic imine (C=N–C) groups is 1. The fraction of sp³-hybridized carbons (Fsp3) is 0.529. The highest BCUT2D eigenvalue weighted by Gasteiger charge is 2.15. The van der Waals surface area contributed by atoms with Gasteiger partial charge in [0.2, 0.25) is 0 Å². The summed E-state index contributed by atoms with van der Waals surface area (Å²) >= 11 is 2.03. The summed E-state index contributed by atoms with van der Waals surface area (Å²) in [6.45, 7) is 4.25. The predicted molar refractivity (Wildman–Crippen MR) is 99.4 cm³/mol. The number of amides is 1. The molecule has 1 fully saturated rings. The molecule has 24 heavy (non-hydrogen) atoms. The van der Waals surface area contributed by atoms with Crippen LogP contribution in [0.3, 0.4) is 0 Å². The van der Waals surface area contributed by atoms with Crippen molar-refractivity contribution in [3.63, 3.8) is 0 Å². The number of carbonyl (C=O) groups is 1. The third kappa shape index (κ3) is 6.70. The van der Waals surface area contributed by atoms with Crippen LogP contribution in [0.5, 0.6) is 5.75 Å². The molecular weight excluding hydrogens is 324 g/mol. The van der Waals surface area contributed by atoms with Gasteiger partial charge < -0.3 is 21.1 Å². The number of carbonyl (C=O) groups excluding carboxylic acids is 1. The minimum Gasteiger partial charge on any atom is -0.484 e. The van der Waals surface area contributed by atoms with Gasteiger partial charge in [0.05, 0.1) is 6.54 Å². The lowest BCUT2D eigenvalue weighted by Gasteiger charge is -2.14. The highest BCUT2D eigenvalue weighted by Crippen LogP contribution is 2.25. The molecule has 1 aliphatic rings. The molecule has 1 aliphatic heterocycles. The van der Waals surface area contributed by atoms with Crippen LogP contribution in [-0.2, 0) is 11.3 Å². The molecule has 0 bridgehead atoms. The van der Waals surface area contributed by atoms with E-state index in [2.05, 4.69) is 22.5 Å². The number of nitrogens with zero attached hydrogens (tertiary/aromatic N) is 1. The van der Waals surface area contributed by atoms with Gasteiger partial charge in [0.25, 0.3) is 5.91 Å². The number of benzene rings is 1. The van der Waals surface area contributed by atoms with E-state index in [9.17, 15) is 4.79 Å². The van der Waals surface area contributed by atoms with E-state index in [4.69, 9.17) is 10.5 Å². The van der Waals surface area contributed by atoms with E-state index in [1.165, 1.54) is 18.6 Å². The maximum Gasteiger partial charge on any atom is 0.255 e. The first-order valence-electron chi connectivity index (χ1n) is 8.31. The van der Waals surface area contributed by atoms with Crippen LogP contribution in [0.2, 0.25) is 0 Å². The summed E-state index contributed by atoms with van der Waals surface area (Å²) < 4.78 is 5.32. The predicted octanol–water partition coefficient (Wildman–Crippen LogP) is 1.50. The molecular formula is C17H26N4O2S. The Hall–Kier alpha value is -1.89. The second-order valence-electron chi connectivity index (χ2n) is 5.61. The number of primary amides is 1.